The van der Waals surface area contributed by atoms with E-state index in [1.807, 2.05) is 4.90 Å². The highest BCUT2D eigenvalue weighted by molar-refractivity contribution is 9.10. The molecule has 1 fully saturated rings. The summed E-state index contributed by atoms with van der Waals surface area (Å²) in [6, 6.07) is 4.94. The van der Waals surface area contributed by atoms with Gasteiger partial charge in [-0.25, -0.2) is 0 Å². The molecule has 19 heavy (non-hydrogen) atoms. The molecule has 1 unspecified atom stereocenters. The molecule has 102 valence electrons. The van der Waals surface area contributed by atoms with Crippen molar-refractivity contribution < 1.29 is 9.72 Å². The Morgan fingerprint density at radius 1 is 1.53 bits per heavy atom. The molecule has 2 rings (SSSR count). The molecule has 1 atom stereocenters. The summed E-state index contributed by atoms with van der Waals surface area (Å²) in [5.41, 5.74) is 5.90. The van der Waals surface area contributed by atoms with Crippen LogP contribution in [0.2, 0.25) is 0 Å². The van der Waals surface area contributed by atoms with E-state index in [9.17, 15) is 14.9 Å². The van der Waals surface area contributed by atoms with E-state index in [4.69, 9.17) is 5.73 Å². The minimum Gasteiger partial charge on any atom is -0.369 e. The summed E-state index contributed by atoms with van der Waals surface area (Å²) in [6.45, 7) is 1.14. The topological polar surface area (TPSA) is 89.5 Å². The number of nitro benzene ring substituents is 1. The number of amides is 1. The fourth-order valence-electron chi connectivity index (χ4n) is 2.34. The summed E-state index contributed by atoms with van der Waals surface area (Å²) >= 11 is 3.23. The van der Waals surface area contributed by atoms with Crippen LogP contribution >= 0.6 is 15.9 Å². The average molecular weight is 328 g/mol. The molecule has 0 aromatic heterocycles. The predicted octanol–water partition coefficient (Wildman–Crippen LogP) is 2.06. The molecule has 1 aliphatic rings. The second-order valence-corrected chi connectivity index (χ2v) is 5.49. The van der Waals surface area contributed by atoms with Crippen molar-refractivity contribution in [2.75, 3.05) is 18.0 Å². The first-order chi connectivity index (χ1) is 8.99. The summed E-state index contributed by atoms with van der Waals surface area (Å²) < 4.78 is 0.659. The molecule has 1 amide bonds. The van der Waals surface area contributed by atoms with Crippen molar-refractivity contribution in [2.24, 2.45) is 11.7 Å². The largest absolute Gasteiger partial charge is 0.369 e. The molecular formula is C12H14BrN3O3. The van der Waals surface area contributed by atoms with Crippen molar-refractivity contribution in [2.45, 2.75) is 12.8 Å². The molecule has 0 saturated carbocycles. The van der Waals surface area contributed by atoms with E-state index in [1.165, 1.54) is 6.07 Å². The molecule has 7 heteroatoms. The predicted molar refractivity (Wildman–Crippen MR) is 74.9 cm³/mol. The minimum atomic E-state index is -0.409. The summed E-state index contributed by atoms with van der Waals surface area (Å²) in [7, 11) is 0. The Bertz CT molecular complexity index is 521. The van der Waals surface area contributed by atoms with Gasteiger partial charge in [-0.3, -0.25) is 14.9 Å². The van der Waals surface area contributed by atoms with Crippen LogP contribution in [-0.4, -0.2) is 23.9 Å². The van der Waals surface area contributed by atoms with Gasteiger partial charge in [0.25, 0.3) is 5.69 Å². The van der Waals surface area contributed by atoms with Crippen LogP contribution in [0.5, 0.6) is 0 Å². The fraction of sp³-hybridized carbons (Fsp3) is 0.417. The maximum Gasteiger partial charge on any atom is 0.293 e. The first-order valence-electron chi connectivity index (χ1n) is 5.97. The zero-order chi connectivity index (χ0) is 14.0. The van der Waals surface area contributed by atoms with Gasteiger partial charge in [0.2, 0.25) is 5.91 Å². The monoisotopic (exact) mass is 327 g/mol. The minimum absolute atomic E-state index is 0.0412. The van der Waals surface area contributed by atoms with Gasteiger partial charge in [0, 0.05) is 23.6 Å². The van der Waals surface area contributed by atoms with Gasteiger partial charge < -0.3 is 10.6 Å². The van der Waals surface area contributed by atoms with E-state index < -0.39 is 4.92 Å². The molecule has 2 N–H and O–H groups in total. The third kappa shape index (κ3) is 3.04. The molecule has 1 aromatic carbocycles. The number of nitrogens with zero attached hydrogens (tertiary/aromatic N) is 2. The Morgan fingerprint density at radius 2 is 2.26 bits per heavy atom. The Morgan fingerprint density at radius 3 is 2.89 bits per heavy atom. The van der Waals surface area contributed by atoms with E-state index in [2.05, 4.69) is 15.9 Å². The van der Waals surface area contributed by atoms with Gasteiger partial charge >= 0.3 is 0 Å². The van der Waals surface area contributed by atoms with E-state index in [1.54, 1.807) is 12.1 Å². The van der Waals surface area contributed by atoms with Crippen LogP contribution in [0.15, 0.2) is 22.7 Å². The van der Waals surface area contributed by atoms with Crippen molar-refractivity contribution in [1.29, 1.82) is 0 Å². The summed E-state index contributed by atoms with van der Waals surface area (Å²) in [4.78, 5) is 23.8. The summed E-state index contributed by atoms with van der Waals surface area (Å²) in [5.74, 6) is -0.582. The van der Waals surface area contributed by atoms with Crippen LogP contribution in [0.4, 0.5) is 11.4 Å². The maximum absolute atomic E-state index is 11.3. The van der Waals surface area contributed by atoms with Gasteiger partial charge in [-0.2, -0.15) is 0 Å². The number of halogens is 1. The fourth-order valence-corrected chi connectivity index (χ4v) is 2.69. The Hall–Kier alpha value is -1.63. The SMILES string of the molecule is NC(=O)C1CCCN(c2ccc(Br)cc2[N+](=O)[O-])C1. The van der Waals surface area contributed by atoms with Gasteiger partial charge in [-0.15, -0.1) is 0 Å². The number of carbonyl (C=O) groups excluding carboxylic acids is 1. The molecule has 0 aliphatic carbocycles. The number of anilines is 1. The van der Waals surface area contributed by atoms with Crippen LogP contribution in [0.25, 0.3) is 0 Å². The summed E-state index contributed by atoms with van der Waals surface area (Å²) in [6.07, 6.45) is 1.55. The number of piperidine rings is 1. The molecule has 1 saturated heterocycles. The number of nitrogens with two attached hydrogens (primary N) is 1. The molecular weight excluding hydrogens is 314 g/mol. The van der Waals surface area contributed by atoms with Crippen LogP contribution in [-0.2, 0) is 4.79 Å². The Labute approximate surface area is 118 Å². The number of rotatable bonds is 3. The summed E-state index contributed by atoms with van der Waals surface area (Å²) in [5, 5.41) is 11.1. The third-order valence-electron chi connectivity index (χ3n) is 3.30. The zero-order valence-corrected chi connectivity index (χ0v) is 11.8. The van der Waals surface area contributed by atoms with E-state index >= 15 is 0 Å². The van der Waals surface area contributed by atoms with Crippen LogP contribution in [0.3, 0.4) is 0 Å². The van der Waals surface area contributed by atoms with E-state index in [-0.39, 0.29) is 17.5 Å². The van der Waals surface area contributed by atoms with E-state index in [0.29, 0.717) is 23.2 Å². The van der Waals surface area contributed by atoms with Crippen molar-refractivity contribution in [3.63, 3.8) is 0 Å². The maximum atomic E-state index is 11.3. The second kappa shape index (κ2) is 5.56. The average Bonchev–Trinajstić information content (AvgIpc) is 2.38. The molecule has 1 heterocycles. The lowest BCUT2D eigenvalue weighted by Crippen LogP contribution is -2.41. The number of benzene rings is 1. The molecule has 0 spiro atoms. The number of primary amides is 1. The molecule has 1 aliphatic heterocycles. The molecule has 1 aromatic rings. The van der Waals surface area contributed by atoms with Gasteiger partial charge in [-0.1, -0.05) is 15.9 Å². The quantitative estimate of drug-likeness (QED) is 0.679. The second-order valence-electron chi connectivity index (χ2n) is 4.58. The lowest BCUT2D eigenvalue weighted by atomic mass is 9.97. The number of hydrogen-bond acceptors (Lipinski definition) is 4. The third-order valence-corrected chi connectivity index (χ3v) is 3.79. The first-order valence-corrected chi connectivity index (χ1v) is 6.76. The van der Waals surface area contributed by atoms with Crippen molar-refractivity contribution >= 4 is 33.2 Å². The zero-order valence-electron chi connectivity index (χ0n) is 10.2. The number of nitro groups is 1. The Balaban J connectivity index is 2.30. The Kier molecular flexibility index (Phi) is 4.04. The van der Waals surface area contributed by atoms with Crippen molar-refractivity contribution in [3.05, 3.63) is 32.8 Å². The standard InChI is InChI=1S/C12H14BrN3O3/c13-9-3-4-10(11(6-9)16(18)19)15-5-1-2-8(7-15)12(14)17/h3-4,6,8H,1-2,5,7H2,(H2,14,17). The molecule has 6 nitrogen and oxygen atoms in total. The van der Waals surface area contributed by atoms with E-state index in [0.717, 1.165) is 12.8 Å². The first kappa shape index (κ1) is 13.8. The molecule has 0 bridgehead atoms. The highest BCUT2D eigenvalue weighted by Gasteiger charge is 2.28. The smallest absolute Gasteiger partial charge is 0.293 e. The highest BCUT2D eigenvalue weighted by atomic mass is 79.9. The van der Waals surface area contributed by atoms with Crippen molar-refractivity contribution in [3.8, 4) is 0 Å². The van der Waals surface area contributed by atoms with Gasteiger partial charge in [0.15, 0.2) is 0 Å². The lowest BCUT2D eigenvalue weighted by Gasteiger charge is -2.32. The van der Waals surface area contributed by atoms with Crippen LogP contribution < -0.4 is 10.6 Å². The number of hydrogen-bond donors (Lipinski definition) is 1. The van der Waals surface area contributed by atoms with Crippen molar-refractivity contribution in [1.82, 2.24) is 0 Å². The van der Waals surface area contributed by atoms with Crippen LogP contribution in [0, 0.1) is 16.0 Å². The van der Waals surface area contributed by atoms with Gasteiger partial charge in [-0.05, 0) is 25.0 Å². The highest BCUT2D eigenvalue weighted by Crippen LogP contribution is 2.33. The normalized spacial score (nSPS) is 19.2. The molecule has 0 radical (unpaired) electrons. The number of carbonyl (C=O) groups is 1. The van der Waals surface area contributed by atoms with Crippen LogP contribution in [0.1, 0.15) is 12.8 Å². The lowest BCUT2D eigenvalue weighted by molar-refractivity contribution is -0.384. The van der Waals surface area contributed by atoms with Gasteiger partial charge in [0.1, 0.15) is 5.69 Å². The van der Waals surface area contributed by atoms with Gasteiger partial charge in [0.05, 0.1) is 10.8 Å².